The molecular formula is C15H22ClFN2O. The van der Waals surface area contributed by atoms with Crippen LogP contribution in [0.3, 0.4) is 0 Å². The van der Waals surface area contributed by atoms with E-state index in [4.69, 9.17) is 16.3 Å². The molecule has 1 aromatic rings. The van der Waals surface area contributed by atoms with Crippen LogP contribution in [0.4, 0.5) is 4.39 Å². The monoisotopic (exact) mass is 300 g/mol. The van der Waals surface area contributed by atoms with Crippen molar-refractivity contribution in [2.75, 3.05) is 33.4 Å². The zero-order valence-corrected chi connectivity index (χ0v) is 13.0. The number of benzene rings is 1. The van der Waals surface area contributed by atoms with E-state index in [9.17, 15) is 4.39 Å². The Morgan fingerprint density at radius 1 is 1.35 bits per heavy atom. The number of nitrogens with zero attached hydrogens (tertiary/aromatic N) is 1. The van der Waals surface area contributed by atoms with E-state index in [1.165, 1.54) is 12.1 Å². The van der Waals surface area contributed by atoms with Crippen LogP contribution in [0.5, 0.6) is 0 Å². The van der Waals surface area contributed by atoms with Crippen LogP contribution in [0, 0.1) is 5.82 Å². The maximum absolute atomic E-state index is 13.6. The number of hydrogen-bond donors (Lipinski definition) is 1. The van der Waals surface area contributed by atoms with Crippen molar-refractivity contribution in [2.45, 2.75) is 25.4 Å². The van der Waals surface area contributed by atoms with E-state index < -0.39 is 0 Å². The zero-order chi connectivity index (χ0) is 14.8. The molecule has 1 atom stereocenters. The summed E-state index contributed by atoms with van der Waals surface area (Å²) in [5.41, 5.74) is 0.612. The molecule has 1 aliphatic rings. The summed E-state index contributed by atoms with van der Waals surface area (Å²) >= 11 is 6.26. The number of likely N-dealkylation sites (N-methyl/N-ethyl adjacent to an activating group) is 1. The van der Waals surface area contributed by atoms with Gasteiger partial charge in [-0.3, -0.25) is 4.90 Å². The number of nitrogens with one attached hydrogen (secondary N) is 1. The molecule has 1 heterocycles. The van der Waals surface area contributed by atoms with Crippen molar-refractivity contribution in [1.29, 1.82) is 0 Å². The molecule has 1 aliphatic heterocycles. The fraction of sp³-hybridized carbons (Fsp3) is 0.600. The van der Waals surface area contributed by atoms with Gasteiger partial charge in [0.2, 0.25) is 0 Å². The fourth-order valence-corrected chi connectivity index (χ4v) is 3.17. The molecule has 0 amide bonds. The van der Waals surface area contributed by atoms with Crippen LogP contribution < -0.4 is 5.32 Å². The summed E-state index contributed by atoms with van der Waals surface area (Å²) < 4.78 is 19.0. The van der Waals surface area contributed by atoms with Gasteiger partial charge in [-0.05, 0) is 44.7 Å². The highest BCUT2D eigenvalue weighted by Crippen LogP contribution is 2.35. The number of hydrogen-bond acceptors (Lipinski definition) is 3. The summed E-state index contributed by atoms with van der Waals surface area (Å²) in [6.45, 7) is 7.52. The van der Waals surface area contributed by atoms with E-state index in [-0.39, 0.29) is 17.4 Å². The van der Waals surface area contributed by atoms with Gasteiger partial charge in [-0.1, -0.05) is 11.6 Å². The third kappa shape index (κ3) is 3.14. The van der Waals surface area contributed by atoms with Crippen LogP contribution in [0.15, 0.2) is 18.2 Å². The molecule has 0 aromatic heterocycles. The highest BCUT2D eigenvalue weighted by molar-refractivity contribution is 6.31. The van der Waals surface area contributed by atoms with Crippen LogP contribution in [-0.4, -0.2) is 43.8 Å². The Balaban J connectivity index is 2.32. The summed E-state index contributed by atoms with van der Waals surface area (Å²) in [6.07, 6.45) is 0. The van der Waals surface area contributed by atoms with Crippen molar-refractivity contribution in [1.82, 2.24) is 10.2 Å². The van der Waals surface area contributed by atoms with Gasteiger partial charge in [-0.25, -0.2) is 4.39 Å². The van der Waals surface area contributed by atoms with Crippen LogP contribution in [0.25, 0.3) is 0 Å². The smallest absolute Gasteiger partial charge is 0.123 e. The number of ether oxygens (including phenoxy) is 1. The second-order valence-corrected chi connectivity index (χ2v) is 6.05. The topological polar surface area (TPSA) is 24.5 Å². The molecule has 1 aromatic carbocycles. The Hall–Kier alpha value is -0.680. The molecule has 1 saturated heterocycles. The first-order chi connectivity index (χ1) is 9.46. The quantitative estimate of drug-likeness (QED) is 0.925. The van der Waals surface area contributed by atoms with Gasteiger partial charge < -0.3 is 10.1 Å². The molecule has 1 N–H and O–H groups in total. The van der Waals surface area contributed by atoms with Crippen LogP contribution >= 0.6 is 11.6 Å². The molecule has 0 bridgehead atoms. The van der Waals surface area contributed by atoms with Crippen LogP contribution in [-0.2, 0) is 4.74 Å². The van der Waals surface area contributed by atoms with Crippen LogP contribution in [0.2, 0.25) is 5.02 Å². The number of halogens is 2. The van der Waals surface area contributed by atoms with Crippen molar-refractivity contribution in [3.8, 4) is 0 Å². The minimum absolute atomic E-state index is 0.0520. The first-order valence-corrected chi connectivity index (χ1v) is 7.29. The molecule has 0 spiro atoms. The van der Waals surface area contributed by atoms with E-state index in [2.05, 4.69) is 24.1 Å². The minimum Gasteiger partial charge on any atom is -0.379 e. The van der Waals surface area contributed by atoms with E-state index in [0.717, 1.165) is 31.9 Å². The Kier molecular flexibility index (Phi) is 5.02. The highest BCUT2D eigenvalue weighted by atomic mass is 35.5. The van der Waals surface area contributed by atoms with E-state index in [1.54, 1.807) is 6.07 Å². The molecule has 20 heavy (non-hydrogen) atoms. The molecule has 1 unspecified atom stereocenters. The molecule has 2 rings (SSSR count). The van der Waals surface area contributed by atoms with Gasteiger partial charge in [-0.2, -0.15) is 0 Å². The van der Waals surface area contributed by atoms with Crippen molar-refractivity contribution < 1.29 is 9.13 Å². The summed E-state index contributed by atoms with van der Waals surface area (Å²) in [4.78, 5) is 2.36. The average Bonchev–Trinajstić information content (AvgIpc) is 2.44. The van der Waals surface area contributed by atoms with Crippen molar-refractivity contribution in [2.24, 2.45) is 0 Å². The van der Waals surface area contributed by atoms with Crippen molar-refractivity contribution >= 4 is 11.6 Å². The lowest BCUT2D eigenvalue weighted by Gasteiger charge is -2.46. The van der Waals surface area contributed by atoms with E-state index in [0.29, 0.717) is 5.02 Å². The SMILES string of the molecule is CNC(c1cc(F)ccc1Cl)C(C)(C)N1CCOCC1. The molecule has 5 heteroatoms. The van der Waals surface area contributed by atoms with Gasteiger partial charge in [-0.15, -0.1) is 0 Å². The standard InChI is InChI=1S/C15H22ClFN2O/c1-15(2,19-6-8-20-9-7-19)14(18-3)12-10-11(17)4-5-13(12)16/h4-5,10,14,18H,6-9H2,1-3H3. The lowest BCUT2D eigenvalue weighted by atomic mass is 9.86. The Morgan fingerprint density at radius 3 is 2.60 bits per heavy atom. The molecule has 0 aliphatic carbocycles. The second-order valence-electron chi connectivity index (χ2n) is 5.64. The first-order valence-electron chi connectivity index (χ1n) is 6.92. The third-order valence-corrected chi connectivity index (χ3v) is 4.43. The van der Waals surface area contributed by atoms with Gasteiger partial charge in [0.1, 0.15) is 5.82 Å². The van der Waals surface area contributed by atoms with Crippen LogP contribution in [0.1, 0.15) is 25.5 Å². The van der Waals surface area contributed by atoms with Crippen molar-refractivity contribution in [3.63, 3.8) is 0 Å². The van der Waals surface area contributed by atoms with E-state index in [1.807, 2.05) is 7.05 Å². The Morgan fingerprint density at radius 2 is 2.00 bits per heavy atom. The summed E-state index contributed by atoms with van der Waals surface area (Å²) in [5.74, 6) is -0.262. The number of rotatable bonds is 4. The maximum atomic E-state index is 13.6. The van der Waals surface area contributed by atoms with Gasteiger partial charge in [0.15, 0.2) is 0 Å². The van der Waals surface area contributed by atoms with Crippen molar-refractivity contribution in [3.05, 3.63) is 34.6 Å². The van der Waals surface area contributed by atoms with Gasteiger partial charge in [0, 0.05) is 23.7 Å². The summed E-state index contributed by atoms with van der Waals surface area (Å²) in [5, 5.41) is 3.88. The van der Waals surface area contributed by atoms with E-state index >= 15 is 0 Å². The summed E-state index contributed by atoms with van der Waals surface area (Å²) in [7, 11) is 1.88. The predicted molar refractivity (Wildman–Crippen MR) is 79.7 cm³/mol. The third-order valence-electron chi connectivity index (χ3n) is 4.09. The van der Waals surface area contributed by atoms with Gasteiger partial charge in [0.05, 0.1) is 19.3 Å². The molecule has 0 radical (unpaired) electrons. The molecular weight excluding hydrogens is 279 g/mol. The number of morpholine rings is 1. The zero-order valence-electron chi connectivity index (χ0n) is 12.2. The molecule has 112 valence electrons. The van der Waals surface area contributed by atoms with Gasteiger partial charge in [0.25, 0.3) is 0 Å². The molecule has 3 nitrogen and oxygen atoms in total. The first kappa shape index (κ1) is 15.7. The molecule has 0 saturated carbocycles. The Labute approximate surface area is 125 Å². The normalized spacial score (nSPS) is 19.1. The predicted octanol–water partition coefficient (Wildman–Crippen LogP) is 2.85. The lowest BCUT2D eigenvalue weighted by molar-refractivity contribution is -0.0229. The highest BCUT2D eigenvalue weighted by Gasteiger charge is 2.37. The average molecular weight is 301 g/mol. The Bertz CT molecular complexity index is 461. The second kappa shape index (κ2) is 6.39. The van der Waals surface area contributed by atoms with Gasteiger partial charge >= 0.3 is 0 Å². The minimum atomic E-state index is -0.262. The fourth-order valence-electron chi connectivity index (χ4n) is 2.95. The largest absolute Gasteiger partial charge is 0.379 e. The lowest BCUT2D eigenvalue weighted by Crippen LogP contribution is -2.55. The summed E-state index contributed by atoms with van der Waals surface area (Å²) in [6, 6.07) is 4.47. The maximum Gasteiger partial charge on any atom is 0.123 e. The molecule has 1 fully saturated rings.